The molecule has 3 heterocycles. The fraction of sp³-hybridized carbons (Fsp3) is 0.588. The number of ether oxygens (including phenoxy) is 1. The molecule has 2 saturated heterocycles. The molecule has 2 atom stereocenters. The van der Waals surface area contributed by atoms with Crippen LogP contribution in [0.4, 0.5) is 10.6 Å². The molecular formula is C17H24N4O3. The second kappa shape index (κ2) is 5.96. The first-order valence-electron chi connectivity index (χ1n) is 8.23. The first-order valence-corrected chi connectivity index (χ1v) is 8.23. The summed E-state index contributed by atoms with van der Waals surface area (Å²) in [4.78, 5) is 32.6. The zero-order chi connectivity index (χ0) is 17.5. The number of hydrogen-bond acceptors (Lipinski definition) is 5. The number of amides is 2. The lowest BCUT2D eigenvalue weighted by Crippen LogP contribution is -2.47. The number of nitrogens with zero attached hydrogens (tertiary/aromatic N) is 3. The van der Waals surface area contributed by atoms with Gasteiger partial charge < -0.3 is 20.3 Å². The van der Waals surface area contributed by atoms with Gasteiger partial charge in [0.25, 0.3) is 5.91 Å². The minimum atomic E-state index is -0.515. The van der Waals surface area contributed by atoms with Crippen molar-refractivity contribution in [2.45, 2.75) is 38.8 Å². The van der Waals surface area contributed by atoms with Gasteiger partial charge in [-0.25, -0.2) is 9.78 Å². The molecule has 7 nitrogen and oxygen atoms in total. The van der Waals surface area contributed by atoms with Crippen molar-refractivity contribution in [2.24, 2.45) is 5.92 Å². The molecule has 7 heteroatoms. The fourth-order valence-electron chi connectivity index (χ4n) is 3.38. The van der Waals surface area contributed by atoms with Crippen molar-refractivity contribution in [1.29, 1.82) is 0 Å². The van der Waals surface area contributed by atoms with Gasteiger partial charge in [0.1, 0.15) is 11.4 Å². The Balaban J connectivity index is 1.68. The third kappa shape index (κ3) is 3.44. The van der Waals surface area contributed by atoms with Gasteiger partial charge in [-0.3, -0.25) is 4.79 Å². The predicted octanol–water partition coefficient (Wildman–Crippen LogP) is 1.75. The number of fused-ring (bicyclic) bond motifs is 2. The summed E-state index contributed by atoms with van der Waals surface area (Å²) < 4.78 is 5.48. The monoisotopic (exact) mass is 332 g/mol. The molecule has 130 valence electrons. The summed E-state index contributed by atoms with van der Waals surface area (Å²) in [5, 5.41) is 0. The van der Waals surface area contributed by atoms with E-state index < -0.39 is 5.60 Å². The van der Waals surface area contributed by atoms with Crippen LogP contribution in [0, 0.1) is 5.92 Å². The molecule has 0 spiro atoms. The lowest BCUT2D eigenvalue weighted by atomic mass is 9.99. The van der Waals surface area contributed by atoms with E-state index >= 15 is 0 Å². The molecule has 3 rings (SSSR count). The fourth-order valence-corrected chi connectivity index (χ4v) is 3.38. The van der Waals surface area contributed by atoms with E-state index in [0.29, 0.717) is 36.9 Å². The second-order valence-electron chi connectivity index (χ2n) is 7.57. The number of nitrogen functional groups attached to an aromatic ring is 1. The quantitative estimate of drug-likeness (QED) is 0.846. The number of piperidine rings is 1. The Kier molecular flexibility index (Phi) is 4.11. The van der Waals surface area contributed by atoms with E-state index in [1.54, 1.807) is 21.9 Å². The van der Waals surface area contributed by atoms with Crippen LogP contribution in [0.5, 0.6) is 0 Å². The Morgan fingerprint density at radius 1 is 1.25 bits per heavy atom. The van der Waals surface area contributed by atoms with Crippen molar-refractivity contribution >= 4 is 17.8 Å². The number of nitrogens with two attached hydrogens (primary N) is 1. The van der Waals surface area contributed by atoms with E-state index in [-0.39, 0.29) is 18.0 Å². The zero-order valence-corrected chi connectivity index (χ0v) is 14.4. The number of pyridine rings is 1. The van der Waals surface area contributed by atoms with Gasteiger partial charge in [0.05, 0.1) is 11.6 Å². The van der Waals surface area contributed by atoms with Gasteiger partial charge >= 0.3 is 6.09 Å². The molecule has 0 saturated carbocycles. The number of rotatable bonds is 1. The van der Waals surface area contributed by atoms with Crippen LogP contribution in [-0.4, -0.2) is 58.1 Å². The van der Waals surface area contributed by atoms with Gasteiger partial charge in [-0.1, -0.05) is 0 Å². The second-order valence-corrected chi connectivity index (χ2v) is 7.57. The maximum absolute atomic E-state index is 12.6. The van der Waals surface area contributed by atoms with Gasteiger partial charge in [0.15, 0.2) is 0 Å². The van der Waals surface area contributed by atoms with E-state index in [1.807, 2.05) is 20.8 Å². The smallest absolute Gasteiger partial charge is 0.410 e. The molecular weight excluding hydrogens is 308 g/mol. The molecule has 2 N–H and O–H groups in total. The zero-order valence-electron chi connectivity index (χ0n) is 14.4. The van der Waals surface area contributed by atoms with Crippen LogP contribution in [0.15, 0.2) is 18.3 Å². The van der Waals surface area contributed by atoms with Crippen LogP contribution >= 0.6 is 0 Å². The predicted molar refractivity (Wildman–Crippen MR) is 89.4 cm³/mol. The highest BCUT2D eigenvalue weighted by Crippen LogP contribution is 2.31. The Labute approximate surface area is 141 Å². The van der Waals surface area contributed by atoms with Gasteiger partial charge in [0, 0.05) is 25.8 Å². The van der Waals surface area contributed by atoms with Crippen LogP contribution in [-0.2, 0) is 4.74 Å². The molecule has 1 aromatic rings. The minimum absolute atomic E-state index is 0.0179. The molecule has 2 unspecified atom stereocenters. The van der Waals surface area contributed by atoms with Crippen LogP contribution in [0.3, 0.4) is 0 Å². The first-order chi connectivity index (χ1) is 11.2. The number of hydrogen-bond donors (Lipinski definition) is 1. The standard InChI is InChI=1S/C17H24N4O3/c1-17(2,3)24-16(23)21-9-11-6-13(21)10-20(8-11)15(22)12-4-5-14(18)19-7-12/h4-5,7,11,13H,6,8-10H2,1-3H3,(H2,18,19). The van der Waals surface area contributed by atoms with E-state index in [1.165, 1.54) is 6.20 Å². The maximum Gasteiger partial charge on any atom is 0.410 e. The average Bonchev–Trinajstić information content (AvgIpc) is 2.80. The molecule has 0 radical (unpaired) electrons. The highest BCUT2D eigenvalue weighted by Gasteiger charge is 2.43. The molecule has 1 aromatic heterocycles. The summed E-state index contributed by atoms with van der Waals surface area (Å²) in [6.07, 6.45) is 2.13. The lowest BCUT2D eigenvalue weighted by Gasteiger charge is -2.33. The summed E-state index contributed by atoms with van der Waals surface area (Å²) in [5.74, 6) is 0.617. The summed E-state index contributed by atoms with van der Waals surface area (Å²) >= 11 is 0. The number of carbonyl (C=O) groups excluding carboxylic acids is 2. The highest BCUT2D eigenvalue weighted by atomic mass is 16.6. The molecule has 2 bridgehead atoms. The first kappa shape index (κ1) is 16.5. The summed E-state index contributed by atoms with van der Waals surface area (Å²) in [5.41, 5.74) is 5.57. The third-order valence-electron chi connectivity index (χ3n) is 4.36. The maximum atomic E-state index is 12.6. The summed E-state index contributed by atoms with van der Waals surface area (Å²) in [7, 11) is 0. The van der Waals surface area contributed by atoms with Gasteiger partial charge in [-0.05, 0) is 45.2 Å². The van der Waals surface area contributed by atoms with E-state index in [2.05, 4.69) is 4.98 Å². The number of anilines is 1. The van der Waals surface area contributed by atoms with Gasteiger partial charge in [-0.15, -0.1) is 0 Å². The third-order valence-corrected chi connectivity index (χ3v) is 4.36. The van der Waals surface area contributed by atoms with Crippen molar-refractivity contribution in [2.75, 3.05) is 25.4 Å². The molecule has 0 aromatic carbocycles. The molecule has 0 aliphatic carbocycles. The van der Waals surface area contributed by atoms with E-state index in [4.69, 9.17) is 10.5 Å². The van der Waals surface area contributed by atoms with E-state index in [9.17, 15) is 9.59 Å². The van der Waals surface area contributed by atoms with Crippen molar-refractivity contribution in [3.8, 4) is 0 Å². The minimum Gasteiger partial charge on any atom is -0.444 e. The Hall–Kier alpha value is -2.31. The van der Waals surface area contributed by atoms with Crippen molar-refractivity contribution < 1.29 is 14.3 Å². The summed E-state index contributed by atoms with van der Waals surface area (Å²) in [6, 6.07) is 3.33. The Morgan fingerprint density at radius 3 is 2.62 bits per heavy atom. The molecule has 2 amide bonds. The highest BCUT2D eigenvalue weighted by molar-refractivity contribution is 5.94. The van der Waals surface area contributed by atoms with Crippen molar-refractivity contribution in [1.82, 2.24) is 14.8 Å². The lowest BCUT2D eigenvalue weighted by molar-refractivity contribution is 0.0207. The van der Waals surface area contributed by atoms with E-state index in [0.717, 1.165) is 6.42 Å². The molecule has 2 aliphatic heterocycles. The van der Waals surface area contributed by atoms with Gasteiger partial charge in [-0.2, -0.15) is 0 Å². The normalized spacial score (nSPS) is 23.3. The van der Waals surface area contributed by atoms with Crippen molar-refractivity contribution in [3.63, 3.8) is 0 Å². The molecule has 24 heavy (non-hydrogen) atoms. The van der Waals surface area contributed by atoms with Crippen molar-refractivity contribution in [3.05, 3.63) is 23.9 Å². The van der Waals surface area contributed by atoms with Crippen LogP contribution in [0.2, 0.25) is 0 Å². The van der Waals surface area contributed by atoms with Gasteiger partial charge in [0.2, 0.25) is 0 Å². The number of carbonyl (C=O) groups is 2. The SMILES string of the molecule is CC(C)(C)OC(=O)N1CC2CC1CN(C(=O)c1ccc(N)nc1)C2. The Bertz CT molecular complexity index is 638. The Morgan fingerprint density at radius 2 is 2.00 bits per heavy atom. The number of likely N-dealkylation sites (tertiary alicyclic amines) is 2. The largest absolute Gasteiger partial charge is 0.444 e. The molecule has 2 fully saturated rings. The summed E-state index contributed by atoms with van der Waals surface area (Å²) in [6.45, 7) is 7.40. The molecule has 2 aliphatic rings. The van der Waals surface area contributed by atoms with Crippen LogP contribution < -0.4 is 5.73 Å². The average molecular weight is 332 g/mol. The van der Waals surface area contributed by atoms with Crippen LogP contribution in [0.25, 0.3) is 0 Å². The topological polar surface area (TPSA) is 88.8 Å². The number of aromatic nitrogens is 1. The van der Waals surface area contributed by atoms with Crippen LogP contribution in [0.1, 0.15) is 37.6 Å².